The van der Waals surface area contributed by atoms with Crippen molar-refractivity contribution in [3.8, 4) is 0 Å². The second kappa shape index (κ2) is 6.98. The van der Waals surface area contributed by atoms with Gasteiger partial charge in [0.1, 0.15) is 0 Å². The van der Waals surface area contributed by atoms with Crippen LogP contribution in [0.2, 0.25) is 5.02 Å². The Labute approximate surface area is 119 Å². The Hall–Kier alpha value is -0.770. The summed E-state index contributed by atoms with van der Waals surface area (Å²) in [7, 11) is 0. The Morgan fingerprint density at radius 2 is 2.11 bits per heavy atom. The molecule has 0 spiro atoms. The maximum absolute atomic E-state index is 11.9. The molecule has 0 aliphatic heterocycles. The van der Waals surface area contributed by atoms with Crippen molar-refractivity contribution in [2.24, 2.45) is 5.73 Å². The highest BCUT2D eigenvalue weighted by molar-refractivity contribution is 6.30. The smallest absolute Gasteiger partial charge is 0.227 e. The summed E-state index contributed by atoms with van der Waals surface area (Å²) in [6.07, 6.45) is 0. The van der Waals surface area contributed by atoms with Gasteiger partial charge in [-0.15, -0.1) is 12.4 Å². The Morgan fingerprint density at radius 3 is 2.61 bits per heavy atom. The van der Waals surface area contributed by atoms with Gasteiger partial charge in [0.05, 0.1) is 5.92 Å². The largest absolute Gasteiger partial charge is 0.354 e. The minimum atomic E-state index is -0.399. The maximum Gasteiger partial charge on any atom is 0.227 e. The molecule has 0 fully saturated rings. The fraction of sp³-hybridized carbons (Fsp3) is 0.462. The van der Waals surface area contributed by atoms with Crippen LogP contribution < -0.4 is 11.1 Å². The molecule has 0 heterocycles. The molecule has 0 aromatic heterocycles. The molecule has 1 rings (SSSR count). The molecule has 5 heteroatoms. The van der Waals surface area contributed by atoms with Crippen LogP contribution in [0.5, 0.6) is 0 Å². The number of halogens is 2. The lowest BCUT2D eigenvalue weighted by molar-refractivity contribution is -0.122. The van der Waals surface area contributed by atoms with Gasteiger partial charge in [-0.1, -0.05) is 23.7 Å². The fourth-order valence-corrected chi connectivity index (χ4v) is 1.59. The Kier molecular flexibility index (Phi) is 6.68. The number of hydrogen-bond acceptors (Lipinski definition) is 2. The first-order valence-electron chi connectivity index (χ1n) is 5.61. The Morgan fingerprint density at radius 1 is 1.50 bits per heavy atom. The van der Waals surface area contributed by atoms with Gasteiger partial charge in [-0.25, -0.2) is 0 Å². The zero-order valence-corrected chi connectivity index (χ0v) is 12.4. The van der Waals surface area contributed by atoms with E-state index in [1.165, 1.54) is 0 Å². The molecule has 1 unspecified atom stereocenters. The van der Waals surface area contributed by atoms with Gasteiger partial charge in [0.15, 0.2) is 0 Å². The third-order valence-corrected chi connectivity index (χ3v) is 2.70. The summed E-state index contributed by atoms with van der Waals surface area (Å²) in [6, 6.07) is 7.33. The lowest BCUT2D eigenvalue weighted by atomic mass is 10.00. The lowest BCUT2D eigenvalue weighted by Crippen LogP contribution is -2.46. The van der Waals surface area contributed by atoms with Crippen LogP contribution in [0.4, 0.5) is 0 Å². The number of benzene rings is 1. The van der Waals surface area contributed by atoms with E-state index in [0.29, 0.717) is 11.6 Å². The second-order valence-corrected chi connectivity index (χ2v) is 5.42. The summed E-state index contributed by atoms with van der Waals surface area (Å²) in [5.74, 6) is -0.262. The van der Waals surface area contributed by atoms with E-state index in [9.17, 15) is 4.79 Å². The first-order chi connectivity index (χ1) is 7.79. The van der Waals surface area contributed by atoms with Gasteiger partial charge >= 0.3 is 0 Å². The third-order valence-electron chi connectivity index (χ3n) is 2.46. The number of nitrogens with two attached hydrogens (primary N) is 1. The van der Waals surface area contributed by atoms with E-state index in [0.717, 1.165) is 5.56 Å². The minimum absolute atomic E-state index is 0. The lowest BCUT2D eigenvalue weighted by Gasteiger charge is -2.21. The highest BCUT2D eigenvalue weighted by Gasteiger charge is 2.18. The van der Waals surface area contributed by atoms with Crippen LogP contribution in [0.1, 0.15) is 32.3 Å². The number of nitrogens with one attached hydrogen (secondary N) is 1. The molecule has 0 saturated carbocycles. The van der Waals surface area contributed by atoms with Crippen molar-refractivity contribution in [1.29, 1.82) is 0 Å². The molecule has 102 valence electrons. The molecular formula is C13H20Cl2N2O. The van der Waals surface area contributed by atoms with Crippen LogP contribution in [0.15, 0.2) is 24.3 Å². The van der Waals surface area contributed by atoms with Crippen LogP contribution in [-0.4, -0.2) is 18.0 Å². The van der Waals surface area contributed by atoms with Gasteiger partial charge in [-0.3, -0.25) is 4.79 Å². The van der Waals surface area contributed by atoms with Crippen molar-refractivity contribution in [3.63, 3.8) is 0 Å². The fourth-order valence-electron chi connectivity index (χ4n) is 1.40. The van der Waals surface area contributed by atoms with Crippen LogP contribution in [0.25, 0.3) is 0 Å². The second-order valence-electron chi connectivity index (χ2n) is 4.98. The number of carbonyl (C=O) groups is 1. The Bertz CT molecular complexity index is 402. The van der Waals surface area contributed by atoms with Crippen molar-refractivity contribution in [3.05, 3.63) is 34.9 Å². The number of rotatable bonds is 4. The molecule has 3 N–H and O–H groups in total. The molecule has 18 heavy (non-hydrogen) atoms. The monoisotopic (exact) mass is 290 g/mol. The summed E-state index contributed by atoms with van der Waals surface area (Å²) >= 11 is 5.89. The van der Waals surface area contributed by atoms with Crippen LogP contribution >= 0.6 is 24.0 Å². The molecule has 1 amide bonds. The first-order valence-corrected chi connectivity index (χ1v) is 5.99. The van der Waals surface area contributed by atoms with E-state index in [4.69, 9.17) is 17.3 Å². The normalized spacial score (nSPS) is 12.5. The van der Waals surface area contributed by atoms with Crippen molar-refractivity contribution in [2.45, 2.75) is 32.2 Å². The highest BCUT2D eigenvalue weighted by atomic mass is 35.5. The predicted octanol–water partition coefficient (Wildman–Crippen LogP) is 2.72. The zero-order valence-electron chi connectivity index (χ0n) is 10.9. The molecule has 1 aromatic carbocycles. The summed E-state index contributed by atoms with van der Waals surface area (Å²) in [4.78, 5) is 11.9. The van der Waals surface area contributed by atoms with Gasteiger partial charge in [0.25, 0.3) is 0 Å². The molecular weight excluding hydrogens is 271 g/mol. The van der Waals surface area contributed by atoms with E-state index >= 15 is 0 Å². The molecule has 0 radical (unpaired) electrons. The van der Waals surface area contributed by atoms with Crippen molar-refractivity contribution in [1.82, 2.24) is 5.32 Å². The zero-order chi connectivity index (χ0) is 13.1. The van der Waals surface area contributed by atoms with Crippen molar-refractivity contribution < 1.29 is 4.79 Å². The van der Waals surface area contributed by atoms with Gasteiger partial charge in [-0.05, 0) is 38.5 Å². The van der Waals surface area contributed by atoms with E-state index in [1.807, 2.05) is 32.9 Å². The summed E-state index contributed by atoms with van der Waals surface area (Å²) in [6.45, 7) is 6.05. The average molecular weight is 291 g/mol. The maximum atomic E-state index is 11.9. The van der Waals surface area contributed by atoms with Gasteiger partial charge in [0.2, 0.25) is 5.91 Å². The summed E-state index contributed by atoms with van der Waals surface area (Å²) in [5, 5.41) is 3.47. The molecule has 0 saturated heterocycles. The van der Waals surface area contributed by atoms with Gasteiger partial charge < -0.3 is 11.1 Å². The van der Waals surface area contributed by atoms with Crippen LogP contribution in [0.3, 0.4) is 0 Å². The SMILES string of the molecule is CC(C(=O)NCC(C)(C)N)c1cccc(Cl)c1.Cl. The first kappa shape index (κ1) is 17.2. The molecule has 1 aromatic rings. The van der Waals surface area contributed by atoms with Gasteiger partial charge in [-0.2, -0.15) is 0 Å². The number of carbonyl (C=O) groups excluding carboxylic acids is 1. The molecule has 0 bridgehead atoms. The number of amides is 1. The molecule has 1 atom stereocenters. The van der Waals surface area contributed by atoms with Crippen molar-refractivity contribution in [2.75, 3.05) is 6.54 Å². The quantitative estimate of drug-likeness (QED) is 0.896. The third kappa shape index (κ3) is 5.71. The number of hydrogen-bond donors (Lipinski definition) is 2. The van der Waals surface area contributed by atoms with Gasteiger partial charge in [0, 0.05) is 17.1 Å². The standard InChI is InChI=1S/C13H19ClN2O.ClH/c1-9(10-5-4-6-11(14)7-10)12(17)16-8-13(2,3)15;/h4-7,9H,8,15H2,1-3H3,(H,16,17);1H. The molecule has 3 nitrogen and oxygen atoms in total. The van der Waals surface area contributed by atoms with E-state index in [1.54, 1.807) is 12.1 Å². The average Bonchev–Trinajstić information content (AvgIpc) is 2.24. The van der Waals surface area contributed by atoms with Crippen LogP contribution in [0, 0.1) is 0 Å². The predicted molar refractivity (Wildman–Crippen MR) is 78.4 cm³/mol. The summed E-state index contributed by atoms with van der Waals surface area (Å²) in [5.41, 5.74) is 6.32. The van der Waals surface area contributed by atoms with E-state index in [-0.39, 0.29) is 24.2 Å². The minimum Gasteiger partial charge on any atom is -0.354 e. The van der Waals surface area contributed by atoms with E-state index < -0.39 is 5.54 Å². The topological polar surface area (TPSA) is 55.1 Å². The van der Waals surface area contributed by atoms with Crippen molar-refractivity contribution >= 4 is 29.9 Å². The Balaban J connectivity index is 0.00000289. The van der Waals surface area contributed by atoms with Crippen LogP contribution in [-0.2, 0) is 4.79 Å². The molecule has 0 aliphatic carbocycles. The van der Waals surface area contributed by atoms with E-state index in [2.05, 4.69) is 5.32 Å². The summed E-state index contributed by atoms with van der Waals surface area (Å²) < 4.78 is 0. The highest BCUT2D eigenvalue weighted by Crippen LogP contribution is 2.19. The molecule has 0 aliphatic rings.